The van der Waals surface area contributed by atoms with Crippen LogP contribution in [0.3, 0.4) is 0 Å². The van der Waals surface area contributed by atoms with E-state index in [9.17, 15) is 0 Å². The molecule has 3 nitrogen and oxygen atoms in total. The van der Waals surface area contributed by atoms with E-state index in [0.29, 0.717) is 10.5 Å². The van der Waals surface area contributed by atoms with Crippen molar-refractivity contribution in [3.63, 3.8) is 0 Å². The Bertz CT molecular complexity index is 437. The lowest BCUT2D eigenvalue weighted by Gasteiger charge is -2.29. The Morgan fingerprint density at radius 1 is 1.21 bits per heavy atom. The number of nitrogens with zero attached hydrogens (tertiary/aromatic N) is 2. The van der Waals surface area contributed by atoms with Gasteiger partial charge in [-0.25, -0.2) is 9.97 Å². The zero-order valence-corrected chi connectivity index (χ0v) is 13.8. The molecule has 19 heavy (non-hydrogen) atoms. The van der Waals surface area contributed by atoms with Crippen LogP contribution in [-0.4, -0.2) is 33.8 Å². The summed E-state index contributed by atoms with van der Waals surface area (Å²) < 4.78 is 0. The number of aromatic nitrogens is 2. The van der Waals surface area contributed by atoms with Gasteiger partial charge in [0.05, 0.1) is 5.25 Å². The van der Waals surface area contributed by atoms with E-state index in [1.54, 1.807) is 0 Å². The van der Waals surface area contributed by atoms with Crippen molar-refractivity contribution in [1.29, 1.82) is 0 Å². The SMILES string of the molecule is CCc1c(C)nc(C2SCCSC2CC)nc1NC. The topological polar surface area (TPSA) is 37.8 Å². The number of thioether (sulfide) groups is 2. The predicted molar refractivity (Wildman–Crippen MR) is 87.4 cm³/mol. The fourth-order valence-corrected chi connectivity index (χ4v) is 5.51. The molecule has 0 aromatic carbocycles. The summed E-state index contributed by atoms with van der Waals surface area (Å²) in [6.07, 6.45) is 2.17. The molecule has 2 atom stereocenters. The van der Waals surface area contributed by atoms with Crippen LogP contribution in [0.1, 0.15) is 42.6 Å². The summed E-state index contributed by atoms with van der Waals surface area (Å²) in [4.78, 5) is 9.58. The maximum atomic E-state index is 4.79. The molecule has 106 valence electrons. The molecule has 1 N–H and O–H groups in total. The van der Waals surface area contributed by atoms with Crippen LogP contribution in [0.25, 0.3) is 0 Å². The van der Waals surface area contributed by atoms with Crippen LogP contribution in [-0.2, 0) is 6.42 Å². The van der Waals surface area contributed by atoms with Crippen LogP contribution in [0, 0.1) is 6.92 Å². The molecule has 1 aliphatic heterocycles. The molecule has 0 spiro atoms. The van der Waals surface area contributed by atoms with Gasteiger partial charge in [-0.3, -0.25) is 0 Å². The molecule has 0 saturated carbocycles. The van der Waals surface area contributed by atoms with Crippen molar-refractivity contribution in [2.24, 2.45) is 0 Å². The van der Waals surface area contributed by atoms with Gasteiger partial charge in [-0.1, -0.05) is 13.8 Å². The third kappa shape index (κ3) is 3.19. The average Bonchev–Trinajstić information content (AvgIpc) is 2.46. The Kier molecular flexibility index (Phi) is 5.39. The third-order valence-electron chi connectivity index (χ3n) is 3.53. The maximum absolute atomic E-state index is 4.79. The first-order valence-electron chi connectivity index (χ1n) is 6.99. The van der Waals surface area contributed by atoms with Crippen LogP contribution in [0.4, 0.5) is 5.82 Å². The molecule has 0 aliphatic carbocycles. The van der Waals surface area contributed by atoms with Gasteiger partial charge < -0.3 is 5.32 Å². The highest BCUT2D eigenvalue weighted by Crippen LogP contribution is 2.43. The van der Waals surface area contributed by atoms with E-state index in [1.165, 1.54) is 23.5 Å². The van der Waals surface area contributed by atoms with Crippen molar-refractivity contribution in [2.75, 3.05) is 23.9 Å². The monoisotopic (exact) mass is 297 g/mol. The van der Waals surface area contributed by atoms with Gasteiger partial charge in [-0.2, -0.15) is 11.8 Å². The van der Waals surface area contributed by atoms with E-state index in [2.05, 4.69) is 37.8 Å². The second-order valence-corrected chi connectivity index (χ2v) is 7.30. The van der Waals surface area contributed by atoms with Crippen LogP contribution in [0.5, 0.6) is 0 Å². The lowest BCUT2D eigenvalue weighted by atomic mass is 10.1. The molecular weight excluding hydrogens is 274 g/mol. The zero-order chi connectivity index (χ0) is 13.8. The Balaban J connectivity index is 2.36. The predicted octanol–water partition coefficient (Wildman–Crippen LogP) is 3.69. The fraction of sp³-hybridized carbons (Fsp3) is 0.714. The van der Waals surface area contributed by atoms with Crippen molar-refractivity contribution in [3.8, 4) is 0 Å². The van der Waals surface area contributed by atoms with Crippen molar-refractivity contribution in [1.82, 2.24) is 9.97 Å². The maximum Gasteiger partial charge on any atom is 0.145 e. The number of aryl methyl sites for hydroxylation is 1. The highest BCUT2D eigenvalue weighted by molar-refractivity contribution is 8.06. The summed E-state index contributed by atoms with van der Waals surface area (Å²) in [6.45, 7) is 6.53. The number of hydrogen-bond donors (Lipinski definition) is 1. The summed E-state index contributed by atoms with van der Waals surface area (Å²) in [5, 5.41) is 4.33. The molecular formula is C14H23N3S2. The standard InChI is InChI=1S/C14H23N3S2/c1-5-10-9(3)16-14(17-13(10)15-4)12-11(6-2)18-7-8-19-12/h11-12H,5-8H2,1-4H3,(H,15,16,17). The Hall–Kier alpha value is -0.420. The summed E-state index contributed by atoms with van der Waals surface area (Å²) in [5.41, 5.74) is 2.37. The quantitative estimate of drug-likeness (QED) is 0.917. The van der Waals surface area contributed by atoms with Crippen LogP contribution in [0.15, 0.2) is 0 Å². The molecule has 2 heterocycles. The summed E-state index contributed by atoms with van der Waals surface area (Å²) in [7, 11) is 1.95. The lowest BCUT2D eigenvalue weighted by Crippen LogP contribution is -2.21. The van der Waals surface area contributed by atoms with Gasteiger partial charge in [0, 0.05) is 35.1 Å². The van der Waals surface area contributed by atoms with E-state index in [0.717, 1.165) is 23.8 Å². The van der Waals surface area contributed by atoms with Gasteiger partial charge in [0.15, 0.2) is 0 Å². The van der Waals surface area contributed by atoms with Gasteiger partial charge in [-0.05, 0) is 19.8 Å². The summed E-state index contributed by atoms with van der Waals surface area (Å²) in [5.74, 6) is 4.49. The minimum Gasteiger partial charge on any atom is -0.373 e. The highest BCUT2D eigenvalue weighted by atomic mass is 32.2. The second-order valence-electron chi connectivity index (χ2n) is 4.71. The normalized spacial score (nSPS) is 23.4. The fourth-order valence-electron chi connectivity index (χ4n) is 2.52. The van der Waals surface area contributed by atoms with Crippen molar-refractivity contribution in [2.45, 2.75) is 44.1 Å². The van der Waals surface area contributed by atoms with E-state index >= 15 is 0 Å². The molecule has 0 bridgehead atoms. The van der Waals surface area contributed by atoms with Crippen LogP contribution in [0.2, 0.25) is 0 Å². The van der Waals surface area contributed by atoms with Crippen molar-refractivity contribution in [3.05, 3.63) is 17.1 Å². The van der Waals surface area contributed by atoms with Gasteiger partial charge in [0.1, 0.15) is 11.6 Å². The zero-order valence-electron chi connectivity index (χ0n) is 12.2. The van der Waals surface area contributed by atoms with E-state index < -0.39 is 0 Å². The van der Waals surface area contributed by atoms with Gasteiger partial charge in [0.2, 0.25) is 0 Å². The minimum atomic E-state index is 0.445. The molecule has 2 unspecified atom stereocenters. The number of anilines is 1. The molecule has 1 aromatic rings. The lowest BCUT2D eigenvalue weighted by molar-refractivity contribution is 0.742. The molecule has 1 aliphatic rings. The molecule has 5 heteroatoms. The number of hydrogen-bond acceptors (Lipinski definition) is 5. The van der Waals surface area contributed by atoms with Crippen LogP contribution < -0.4 is 5.32 Å². The minimum absolute atomic E-state index is 0.445. The molecule has 0 radical (unpaired) electrons. The van der Waals surface area contributed by atoms with Crippen LogP contribution >= 0.6 is 23.5 Å². The van der Waals surface area contributed by atoms with Gasteiger partial charge in [-0.15, -0.1) is 11.8 Å². The van der Waals surface area contributed by atoms with Crippen molar-refractivity contribution < 1.29 is 0 Å². The number of nitrogens with one attached hydrogen (secondary N) is 1. The summed E-state index contributed by atoms with van der Waals surface area (Å²) >= 11 is 4.09. The molecule has 1 fully saturated rings. The Labute approximate surface area is 124 Å². The van der Waals surface area contributed by atoms with E-state index in [-0.39, 0.29) is 0 Å². The summed E-state index contributed by atoms with van der Waals surface area (Å²) in [6, 6.07) is 0. The smallest absolute Gasteiger partial charge is 0.145 e. The molecule has 1 saturated heterocycles. The molecule has 2 rings (SSSR count). The highest BCUT2D eigenvalue weighted by Gasteiger charge is 2.29. The Morgan fingerprint density at radius 2 is 1.95 bits per heavy atom. The van der Waals surface area contributed by atoms with E-state index in [4.69, 9.17) is 9.97 Å². The second kappa shape index (κ2) is 6.84. The van der Waals surface area contributed by atoms with Gasteiger partial charge >= 0.3 is 0 Å². The average molecular weight is 297 g/mol. The molecule has 0 amide bonds. The van der Waals surface area contributed by atoms with Crippen molar-refractivity contribution >= 4 is 29.3 Å². The first kappa shape index (κ1) is 15.0. The first-order valence-corrected chi connectivity index (χ1v) is 9.09. The third-order valence-corrected chi connectivity index (χ3v) is 6.77. The molecule has 1 aromatic heterocycles. The van der Waals surface area contributed by atoms with Gasteiger partial charge in [0.25, 0.3) is 0 Å². The van der Waals surface area contributed by atoms with E-state index in [1.807, 2.05) is 18.8 Å². The Morgan fingerprint density at radius 3 is 2.58 bits per heavy atom. The first-order chi connectivity index (χ1) is 9.21. The number of rotatable bonds is 4. The largest absolute Gasteiger partial charge is 0.373 e.